The standard InChI is InChI=1S/C11H21NO3/c1-9(8-15-2)12-11(10(13)14)6-4-3-5-7-11/h9,12H,3-8H2,1-2H3,(H,13,14). The van der Waals surface area contributed by atoms with Gasteiger partial charge in [0.2, 0.25) is 0 Å². The number of methoxy groups -OCH3 is 1. The largest absolute Gasteiger partial charge is 0.480 e. The van der Waals surface area contributed by atoms with Crippen LogP contribution in [0.15, 0.2) is 0 Å². The van der Waals surface area contributed by atoms with Crippen molar-refractivity contribution in [3.63, 3.8) is 0 Å². The van der Waals surface area contributed by atoms with Crippen LogP contribution in [-0.4, -0.2) is 36.4 Å². The zero-order valence-corrected chi connectivity index (χ0v) is 9.58. The van der Waals surface area contributed by atoms with Crippen LogP contribution in [-0.2, 0) is 9.53 Å². The van der Waals surface area contributed by atoms with Crippen LogP contribution in [0.3, 0.4) is 0 Å². The van der Waals surface area contributed by atoms with Crippen LogP contribution in [0.5, 0.6) is 0 Å². The van der Waals surface area contributed by atoms with Crippen LogP contribution in [0.1, 0.15) is 39.0 Å². The van der Waals surface area contributed by atoms with Crippen molar-refractivity contribution in [1.29, 1.82) is 0 Å². The molecule has 88 valence electrons. The first-order valence-corrected chi connectivity index (χ1v) is 5.61. The number of hydrogen-bond acceptors (Lipinski definition) is 3. The molecule has 0 aromatic heterocycles. The Hall–Kier alpha value is -0.610. The van der Waals surface area contributed by atoms with Gasteiger partial charge in [-0.05, 0) is 19.8 Å². The van der Waals surface area contributed by atoms with Gasteiger partial charge in [0.25, 0.3) is 0 Å². The van der Waals surface area contributed by atoms with E-state index in [1.54, 1.807) is 7.11 Å². The second-order valence-electron chi connectivity index (χ2n) is 4.45. The number of carbonyl (C=O) groups is 1. The van der Waals surface area contributed by atoms with Crippen molar-refractivity contribution in [2.24, 2.45) is 0 Å². The summed E-state index contributed by atoms with van der Waals surface area (Å²) in [6.07, 6.45) is 4.61. The molecule has 1 aliphatic carbocycles. The number of rotatable bonds is 5. The first-order valence-electron chi connectivity index (χ1n) is 5.61. The van der Waals surface area contributed by atoms with Crippen molar-refractivity contribution in [2.45, 2.75) is 50.6 Å². The minimum absolute atomic E-state index is 0.0872. The van der Waals surface area contributed by atoms with Crippen molar-refractivity contribution < 1.29 is 14.6 Å². The fourth-order valence-electron chi connectivity index (χ4n) is 2.34. The molecule has 0 amide bonds. The molecule has 1 aliphatic rings. The third-order valence-electron chi connectivity index (χ3n) is 3.06. The van der Waals surface area contributed by atoms with Gasteiger partial charge >= 0.3 is 5.97 Å². The van der Waals surface area contributed by atoms with E-state index in [-0.39, 0.29) is 6.04 Å². The van der Waals surface area contributed by atoms with Crippen molar-refractivity contribution in [3.8, 4) is 0 Å². The summed E-state index contributed by atoms with van der Waals surface area (Å²) < 4.78 is 5.01. The van der Waals surface area contributed by atoms with Crippen molar-refractivity contribution >= 4 is 5.97 Å². The highest BCUT2D eigenvalue weighted by Crippen LogP contribution is 2.28. The average Bonchev–Trinajstić information content (AvgIpc) is 2.19. The van der Waals surface area contributed by atoms with Gasteiger partial charge in [-0.2, -0.15) is 0 Å². The second kappa shape index (κ2) is 5.47. The first kappa shape index (κ1) is 12.5. The predicted molar refractivity (Wildman–Crippen MR) is 57.9 cm³/mol. The molecule has 2 N–H and O–H groups in total. The molecule has 0 aromatic carbocycles. The lowest BCUT2D eigenvalue weighted by Gasteiger charge is -2.36. The second-order valence-corrected chi connectivity index (χ2v) is 4.45. The quantitative estimate of drug-likeness (QED) is 0.727. The Balaban J connectivity index is 2.60. The topological polar surface area (TPSA) is 58.6 Å². The van der Waals surface area contributed by atoms with Gasteiger partial charge in [0.1, 0.15) is 5.54 Å². The Morgan fingerprint density at radius 2 is 2.07 bits per heavy atom. The summed E-state index contributed by atoms with van der Waals surface area (Å²) in [5, 5.41) is 12.5. The highest BCUT2D eigenvalue weighted by atomic mass is 16.5. The van der Waals surface area contributed by atoms with Crippen LogP contribution in [0.25, 0.3) is 0 Å². The maximum absolute atomic E-state index is 11.3. The van der Waals surface area contributed by atoms with E-state index in [0.29, 0.717) is 6.61 Å². The maximum Gasteiger partial charge on any atom is 0.323 e. The highest BCUT2D eigenvalue weighted by molar-refractivity contribution is 5.79. The number of carboxylic acid groups (broad SMARTS) is 1. The predicted octanol–water partition coefficient (Wildman–Crippen LogP) is 1.40. The highest BCUT2D eigenvalue weighted by Gasteiger charge is 2.40. The lowest BCUT2D eigenvalue weighted by molar-refractivity contribution is -0.147. The van der Waals surface area contributed by atoms with Gasteiger partial charge in [-0.3, -0.25) is 10.1 Å². The Morgan fingerprint density at radius 3 is 2.53 bits per heavy atom. The smallest absolute Gasteiger partial charge is 0.323 e. The average molecular weight is 215 g/mol. The minimum atomic E-state index is -0.717. The van der Waals surface area contributed by atoms with Gasteiger partial charge in [0, 0.05) is 13.2 Å². The molecule has 4 nitrogen and oxygen atoms in total. The summed E-state index contributed by atoms with van der Waals surface area (Å²) >= 11 is 0. The van der Waals surface area contributed by atoms with Gasteiger partial charge in [0.05, 0.1) is 6.61 Å². The molecule has 1 rings (SSSR count). The molecule has 1 atom stereocenters. The van der Waals surface area contributed by atoms with Gasteiger partial charge in [0.15, 0.2) is 0 Å². The van der Waals surface area contributed by atoms with E-state index >= 15 is 0 Å². The summed E-state index contributed by atoms with van der Waals surface area (Å²) in [6, 6.07) is 0.0872. The Labute approximate surface area is 91.0 Å². The van der Waals surface area contributed by atoms with E-state index in [0.717, 1.165) is 32.1 Å². The van der Waals surface area contributed by atoms with E-state index in [1.165, 1.54) is 0 Å². The summed E-state index contributed by atoms with van der Waals surface area (Å²) in [5.41, 5.74) is -0.712. The van der Waals surface area contributed by atoms with Crippen molar-refractivity contribution in [2.75, 3.05) is 13.7 Å². The van der Waals surface area contributed by atoms with Crippen molar-refractivity contribution in [1.82, 2.24) is 5.32 Å². The molecule has 15 heavy (non-hydrogen) atoms. The number of aliphatic carboxylic acids is 1. The van der Waals surface area contributed by atoms with Crippen LogP contribution in [0, 0.1) is 0 Å². The molecule has 0 bridgehead atoms. The molecule has 0 aliphatic heterocycles. The maximum atomic E-state index is 11.3. The van der Waals surface area contributed by atoms with E-state index in [1.807, 2.05) is 6.92 Å². The number of ether oxygens (including phenoxy) is 1. The summed E-state index contributed by atoms with van der Waals surface area (Å²) in [6.45, 7) is 2.51. The normalized spacial score (nSPS) is 22.3. The molecule has 1 unspecified atom stereocenters. The molecule has 0 heterocycles. The van der Waals surface area contributed by atoms with E-state index in [9.17, 15) is 9.90 Å². The zero-order chi connectivity index (χ0) is 11.3. The Morgan fingerprint density at radius 1 is 1.47 bits per heavy atom. The number of hydrogen-bond donors (Lipinski definition) is 2. The third-order valence-corrected chi connectivity index (χ3v) is 3.06. The third kappa shape index (κ3) is 3.18. The lowest BCUT2D eigenvalue weighted by Crippen LogP contribution is -2.57. The van der Waals surface area contributed by atoms with Crippen LogP contribution < -0.4 is 5.32 Å². The Kier molecular flexibility index (Phi) is 4.54. The van der Waals surface area contributed by atoms with Crippen LogP contribution in [0.2, 0.25) is 0 Å². The number of carboxylic acids is 1. The van der Waals surface area contributed by atoms with E-state index in [2.05, 4.69) is 5.32 Å². The first-order chi connectivity index (χ1) is 7.10. The molecular weight excluding hydrogens is 194 g/mol. The molecular formula is C11H21NO3. The summed E-state index contributed by atoms with van der Waals surface area (Å²) in [7, 11) is 1.63. The molecule has 1 saturated carbocycles. The molecule has 4 heteroatoms. The zero-order valence-electron chi connectivity index (χ0n) is 9.58. The molecule has 0 aromatic rings. The summed E-state index contributed by atoms with van der Waals surface area (Å²) in [4.78, 5) is 11.3. The fourth-order valence-corrected chi connectivity index (χ4v) is 2.34. The van der Waals surface area contributed by atoms with Crippen molar-refractivity contribution in [3.05, 3.63) is 0 Å². The number of nitrogens with one attached hydrogen (secondary N) is 1. The molecule has 1 fully saturated rings. The van der Waals surface area contributed by atoms with Gasteiger partial charge in [-0.25, -0.2) is 0 Å². The molecule has 0 spiro atoms. The van der Waals surface area contributed by atoms with E-state index in [4.69, 9.17) is 4.74 Å². The SMILES string of the molecule is COCC(C)NC1(C(=O)O)CCCCC1. The van der Waals surface area contributed by atoms with Gasteiger partial charge in [-0.1, -0.05) is 19.3 Å². The fraction of sp³-hybridized carbons (Fsp3) is 0.909. The van der Waals surface area contributed by atoms with Gasteiger partial charge in [-0.15, -0.1) is 0 Å². The lowest BCUT2D eigenvalue weighted by atomic mass is 9.81. The van der Waals surface area contributed by atoms with E-state index < -0.39 is 11.5 Å². The monoisotopic (exact) mass is 215 g/mol. The summed E-state index contributed by atoms with van der Waals surface area (Å²) in [5.74, 6) is -0.717. The minimum Gasteiger partial charge on any atom is -0.480 e. The van der Waals surface area contributed by atoms with Gasteiger partial charge < -0.3 is 9.84 Å². The van der Waals surface area contributed by atoms with Crippen LogP contribution in [0.4, 0.5) is 0 Å². The molecule has 0 saturated heterocycles. The van der Waals surface area contributed by atoms with Crippen LogP contribution >= 0.6 is 0 Å². The molecule has 0 radical (unpaired) electrons. The Bertz CT molecular complexity index is 212.